The fourth-order valence-electron chi connectivity index (χ4n) is 3.22. The third-order valence-electron chi connectivity index (χ3n) is 4.73. The number of benzene rings is 1. The molecule has 1 unspecified atom stereocenters. The van der Waals surface area contributed by atoms with Crippen LogP contribution >= 0.6 is 0 Å². The van der Waals surface area contributed by atoms with Crippen molar-refractivity contribution < 1.29 is 17.9 Å². The Morgan fingerprint density at radius 2 is 2.24 bits per heavy atom. The van der Waals surface area contributed by atoms with Crippen LogP contribution in [0.2, 0.25) is 0 Å². The maximum atomic E-state index is 12.5. The molecule has 4 rings (SSSR count). The van der Waals surface area contributed by atoms with E-state index in [1.807, 2.05) is 0 Å². The molecule has 0 radical (unpaired) electrons. The van der Waals surface area contributed by atoms with Gasteiger partial charge in [0.2, 0.25) is 15.9 Å². The van der Waals surface area contributed by atoms with E-state index in [0.29, 0.717) is 5.69 Å². The fraction of sp³-hybridized carbons (Fsp3) is 0.316. The molecule has 9 nitrogen and oxygen atoms in total. The molecule has 3 heterocycles. The Morgan fingerprint density at radius 3 is 2.97 bits per heavy atom. The van der Waals surface area contributed by atoms with Crippen LogP contribution in [0.25, 0.3) is 11.0 Å². The molecule has 1 aromatic carbocycles. The number of hydrogen-bond donors (Lipinski definition) is 2. The zero-order valence-corrected chi connectivity index (χ0v) is 16.6. The number of likely N-dealkylation sites (N-methyl/N-ethyl adjacent to an activating group) is 1. The molecule has 2 N–H and O–H groups in total. The van der Waals surface area contributed by atoms with Gasteiger partial charge in [-0.2, -0.15) is 4.31 Å². The van der Waals surface area contributed by atoms with Gasteiger partial charge in [-0.15, -0.1) is 0 Å². The summed E-state index contributed by atoms with van der Waals surface area (Å²) in [4.78, 5) is 24.0. The highest BCUT2D eigenvalue weighted by molar-refractivity contribution is 7.89. The van der Waals surface area contributed by atoms with Crippen molar-refractivity contribution in [1.29, 1.82) is 0 Å². The molecular formula is C19H21N5O4S. The van der Waals surface area contributed by atoms with E-state index in [9.17, 15) is 13.2 Å². The number of pyridine rings is 1. The molecule has 0 bridgehead atoms. The number of anilines is 1. The first-order valence-electron chi connectivity index (χ1n) is 9.21. The Hall–Kier alpha value is -2.82. The molecule has 10 heteroatoms. The summed E-state index contributed by atoms with van der Waals surface area (Å²) in [6.07, 6.45) is 4.66. The molecule has 1 aliphatic heterocycles. The third kappa shape index (κ3) is 4.14. The predicted molar refractivity (Wildman–Crippen MR) is 107 cm³/mol. The number of aromatic nitrogens is 3. The van der Waals surface area contributed by atoms with Crippen LogP contribution in [0.4, 0.5) is 5.69 Å². The molecule has 0 saturated carbocycles. The van der Waals surface area contributed by atoms with Crippen LogP contribution in [-0.2, 0) is 19.6 Å². The second-order valence-corrected chi connectivity index (χ2v) is 8.90. The summed E-state index contributed by atoms with van der Waals surface area (Å²) in [6, 6.07) is 8.28. The van der Waals surface area contributed by atoms with Crippen molar-refractivity contribution in [1.82, 2.24) is 19.3 Å². The standard InChI is InChI=1S/C19H21N5O4S/c1-24(29(26,27)14-4-2-8-20-11-14)12-18(25)21-13-6-7-15-16(10-13)23-19(22-15)17-5-3-9-28-17/h2,4,6-8,10-11,17H,3,5,9,12H2,1H3,(H,21,25)(H,22,23). The molecule has 2 aromatic heterocycles. The fourth-order valence-corrected chi connectivity index (χ4v) is 4.31. The van der Waals surface area contributed by atoms with Gasteiger partial charge in [-0.05, 0) is 43.2 Å². The molecule has 29 heavy (non-hydrogen) atoms. The van der Waals surface area contributed by atoms with E-state index in [4.69, 9.17) is 4.74 Å². The highest BCUT2D eigenvalue weighted by Gasteiger charge is 2.24. The van der Waals surface area contributed by atoms with Gasteiger partial charge in [-0.3, -0.25) is 9.78 Å². The van der Waals surface area contributed by atoms with Gasteiger partial charge in [-0.25, -0.2) is 13.4 Å². The van der Waals surface area contributed by atoms with E-state index in [0.717, 1.165) is 40.6 Å². The molecule has 1 atom stereocenters. The summed E-state index contributed by atoms with van der Waals surface area (Å²) in [5.74, 6) is 0.335. The van der Waals surface area contributed by atoms with Crippen LogP contribution in [0, 0.1) is 0 Å². The number of imidazole rings is 1. The predicted octanol–water partition coefficient (Wildman–Crippen LogP) is 2.07. The molecule has 1 amide bonds. The number of carbonyl (C=O) groups is 1. The molecule has 0 spiro atoms. The maximum absolute atomic E-state index is 12.5. The minimum Gasteiger partial charge on any atom is -0.370 e. The van der Waals surface area contributed by atoms with E-state index in [1.54, 1.807) is 18.2 Å². The lowest BCUT2D eigenvalue weighted by Crippen LogP contribution is -2.35. The highest BCUT2D eigenvalue weighted by atomic mass is 32.2. The second kappa shape index (κ2) is 7.90. The number of amides is 1. The summed E-state index contributed by atoms with van der Waals surface area (Å²) >= 11 is 0. The Bertz CT molecular complexity index is 1120. The van der Waals surface area contributed by atoms with Gasteiger partial charge in [0.25, 0.3) is 0 Å². The lowest BCUT2D eigenvalue weighted by molar-refractivity contribution is -0.116. The Kier molecular flexibility index (Phi) is 5.31. The highest BCUT2D eigenvalue weighted by Crippen LogP contribution is 2.28. The number of rotatable bonds is 6. The zero-order valence-electron chi connectivity index (χ0n) is 15.8. The lowest BCUT2D eigenvalue weighted by Gasteiger charge is -2.16. The smallest absolute Gasteiger partial charge is 0.244 e. The zero-order chi connectivity index (χ0) is 20.4. The van der Waals surface area contributed by atoms with Crippen molar-refractivity contribution in [2.75, 3.05) is 25.5 Å². The third-order valence-corrected chi connectivity index (χ3v) is 6.51. The van der Waals surface area contributed by atoms with E-state index in [2.05, 4.69) is 20.3 Å². The number of H-pyrrole nitrogens is 1. The van der Waals surface area contributed by atoms with Crippen LogP contribution in [0.5, 0.6) is 0 Å². The average Bonchev–Trinajstić information content (AvgIpc) is 3.37. The topological polar surface area (TPSA) is 117 Å². The van der Waals surface area contributed by atoms with Crippen LogP contribution in [-0.4, -0.2) is 53.8 Å². The summed E-state index contributed by atoms with van der Waals surface area (Å²) in [6.45, 7) is 0.415. The Morgan fingerprint density at radius 1 is 1.38 bits per heavy atom. The molecule has 0 aliphatic carbocycles. The summed E-state index contributed by atoms with van der Waals surface area (Å²) < 4.78 is 31.6. The first-order chi connectivity index (χ1) is 13.9. The van der Waals surface area contributed by atoms with E-state index < -0.39 is 15.9 Å². The molecule has 1 fully saturated rings. The molecule has 1 saturated heterocycles. The summed E-state index contributed by atoms with van der Waals surface area (Å²) in [7, 11) is -2.43. The summed E-state index contributed by atoms with van der Waals surface area (Å²) in [5, 5.41) is 2.73. The van der Waals surface area contributed by atoms with Gasteiger partial charge in [0.1, 0.15) is 16.8 Å². The number of nitrogens with one attached hydrogen (secondary N) is 2. The molecule has 3 aromatic rings. The first kappa shape index (κ1) is 19.5. The van der Waals surface area contributed by atoms with Crippen molar-refractivity contribution in [3.63, 3.8) is 0 Å². The Labute approximate surface area is 168 Å². The van der Waals surface area contributed by atoms with Gasteiger partial charge in [0, 0.05) is 31.7 Å². The van der Waals surface area contributed by atoms with E-state index in [-0.39, 0.29) is 17.5 Å². The number of carbonyl (C=O) groups excluding carboxylic acids is 1. The number of nitrogens with zero attached hydrogens (tertiary/aromatic N) is 3. The number of hydrogen-bond acceptors (Lipinski definition) is 6. The van der Waals surface area contributed by atoms with Crippen molar-refractivity contribution in [3.8, 4) is 0 Å². The number of sulfonamides is 1. The van der Waals surface area contributed by atoms with Crippen LogP contribution in [0.1, 0.15) is 24.8 Å². The van der Waals surface area contributed by atoms with Gasteiger partial charge >= 0.3 is 0 Å². The van der Waals surface area contributed by atoms with E-state index in [1.165, 1.54) is 31.6 Å². The van der Waals surface area contributed by atoms with Crippen molar-refractivity contribution in [2.24, 2.45) is 0 Å². The first-order valence-corrected chi connectivity index (χ1v) is 10.6. The largest absolute Gasteiger partial charge is 0.370 e. The quantitative estimate of drug-likeness (QED) is 0.636. The lowest BCUT2D eigenvalue weighted by atomic mass is 10.2. The number of ether oxygens (including phenoxy) is 1. The second-order valence-electron chi connectivity index (χ2n) is 6.85. The number of aromatic amines is 1. The van der Waals surface area contributed by atoms with Gasteiger partial charge in [0.15, 0.2) is 0 Å². The maximum Gasteiger partial charge on any atom is 0.244 e. The van der Waals surface area contributed by atoms with Gasteiger partial charge < -0.3 is 15.0 Å². The summed E-state index contributed by atoms with van der Waals surface area (Å²) in [5.41, 5.74) is 2.12. The minimum atomic E-state index is -3.79. The van der Waals surface area contributed by atoms with Crippen molar-refractivity contribution >= 4 is 32.7 Å². The van der Waals surface area contributed by atoms with Crippen molar-refractivity contribution in [2.45, 2.75) is 23.8 Å². The van der Waals surface area contributed by atoms with Crippen LogP contribution < -0.4 is 5.32 Å². The Balaban J connectivity index is 1.44. The SMILES string of the molecule is CN(CC(=O)Nc1ccc2nc(C3CCCO3)[nH]c2c1)S(=O)(=O)c1cccnc1. The number of fused-ring (bicyclic) bond motifs is 1. The average molecular weight is 415 g/mol. The molecule has 1 aliphatic rings. The molecular weight excluding hydrogens is 394 g/mol. The van der Waals surface area contributed by atoms with Gasteiger partial charge in [-0.1, -0.05) is 0 Å². The monoisotopic (exact) mass is 415 g/mol. The van der Waals surface area contributed by atoms with Gasteiger partial charge in [0.05, 0.1) is 17.6 Å². The van der Waals surface area contributed by atoms with E-state index >= 15 is 0 Å². The van der Waals surface area contributed by atoms with Crippen LogP contribution in [0.3, 0.4) is 0 Å². The molecule has 152 valence electrons. The minimum absolute atomic E-state index is 0.0215. The van der Waals surface area contributed by atoms with Crippen LogP contribution in [0.15, 0.2) is 47.6 Å². The van der Waals surface area contributed by atoms with Crippen molar-refractivity contribution in [3.05, 3.63) is 48.5 Å². The normalized spacial score (nSPS) is 17.1.